The first-order valence-corrected chi connectivity index (χ1v) is 8.35. The molecule has 3 N–H and O–H groups in total. The van der Waals surface area contributed by atoms with Crippen molar-refractivity contribution in [1.82, 2.24) is 5.48 Å². The summed E-state index contributed by atoms with van der Waals surface area (Å²) in [4.78, 5) is 29.4. The van der Waals surface area contributed by atoms with Crippen molar-refractivity contribution in [1.29, 1.82) is 0 Å². The molecule has 3 rings (SSSR count). The van der Waals surface area contributed by atoms with Gasteiger partial charge < -0.3 is 10.6 Å². The van der Waals surface area contributed by atoms with Gasteiger partial charge in [0.05, 0.1) is 11.5 Å². The number of nitrogens with two attached hydrogens (primary N) is 1. The van der Waals surface area contributed by atoms with E-state index in [0.29, 0.717) is 17.2 Å². The molecule has 1 saturated carbocycles. The number of hydrogen-bond donors (Lipinski definition) is 2. The summed E-state index contributed by atoms with van der Waals surface area (Å²) in [5.74, 6) is -0.762. The topological polar surface area (TPSA) is 81.4 Å². The lowest BCUT2D eigenvalue weighted by Gasteiger charge is -2.17. The second-order valence-electron chi connectivity index (χ2n) is 6.47. The van der Waals surface area contributed by atoms with E-state index >= 15 is 0 Å². The second-order valence-corrected chi connectivity index (χ2v) is 6.47. The molecule has 0 saturated heterocycles. The van der Waals surface area contributed by atoms with Gasteiger partial charge in [0.25, 0.3) is 5.91 Å². The summed E-state index contributed by atoms with van der Waals surface area (Å²) in [5, 5.41) is 1.86. The molecule has 126 valence electrons. The zero-order valence-corrected chi connectivity index (χ0v) is 13.7. The van der Waals surface area contributed by atoms with Gasteiger partial charge in [0.1, 0.15) is 0 Å². The Hall–Kier alpha value is -2.56. The van der Waals surface area contributed by atoms with E-state index in [0.717, 1.165) is 36.5 Å². The van der Waals surface area contributed by atoms with Gasteiger partial charge in [0, 0.05) is 5.69 Å². The van der Waals surface area contributed by atoms with Crippen LogP contribution >= 0.6 is 0 Å². The number of hydroxylamine groups is 1. The van der Waals surface area contributed by atoms with E-state index in [1.807, 2.05) is 31.2 Å². The van der Waals surface area contributed by atoms with Crippen molar-refractivity contribution >= 4 is 28.3 Å². The van der Waals surface area contributed by atoms with Crippen LogP contribution in [0.3, 0.4) is 0 Å². The summed E-state index contributed by atoms with van der Waals surface area (Å²) in [5.41, 5.74) is 8.85. The van der Waals surface area contributed by atoms with Gasteiger partial charge in [-0.3, -0.25) is 4.79 Å². The highest BCUT2D eigenvalue weighted by Crippen LogP contribution is 2.31. The molecule has 0 heterocycles. The molecule has 1 aliphatic rings. The van der Waals surface area contributed by atoms with Gasteiger partial charge in [-0.1, -0.05) is 44.0 Å². The number of rotatable bonds is 3. The summed E-state index contributed by atoms with van der Waals surface area (Å²) in [6, 6.07) is 11.1. The number of fused-ring (bicyclic) bond motifs is 1. The number of benzene rings is 2. The third kappa shape index (κ3) is 3.35. The number of hydrogen-bond acceptors (Lipinski definition) is 4. The lowest BCUT2D eigenvalue weighted by atomic mass is 9.93. The molecule has 24 heavy (non-hydrogen) atoms. The molecule has 5 heteroatoms. The first-order valence-electron chi connectivity index (χ1n) is 8.35. The lowest BCUT2D eigenvalue weighted by Crippen LogP contribution is -2.32. The number of carbonyl (C=O) groups is 2. The van der Waals surface area contributed by atoms with Crippen molar-refractivity contribution in [3.8, 4) is 0 Å². The van der Waals surface area contributed by atoms with Crippen molar-refractivity contribution < 1.29 is 14.4 Å². The highest BCUT2D eigenvalue weighted by Gasteiger charge is 2.28. The number of nitrogens with one attached hydrogen (secondary N) is 1. The van der Waals surface area contributed by atoms with E-state index in [4.69, 9.17) is 10.6 Å². The van der Waals surface area contributed by atoms with E-state index in [1.54, 1.807) is 12.1 Å². The normalized spacial score (nSPS) is 16.0. The van der Waals surface area contributed by atoms with E-state index < -0.39 is 11.9 Å². The Morgan fingerprint density at radius 1 is 1.17 bits per heavy atom. The number of carbonyl (C=O) groups excluding carboxylic acids is 2. The van der Waals surface area contributed by atoms with Crippen molar-refractivity contribution in [3.05, 3.63) is 42.0 Å². The molecule has 2 aromatic carbocycles. The van der Waals surface area contributed by atoms with Crippen molar-refractivity contribution in [3.63, 3.8) is 0 Å². The Balaban J connectivity index is 1.66. The van der Waals surface area contributed by atoms with Crippen LogP contribution in [0, 0.1) is 11.8 Å². The molecular weight excluding hydrogens is 304 g/mol. The fraction of sp³-hybridized carbons (Fsp3) is 0.368. The Morgan fingerprint density at radius 3 is 2.46 bits per heavy atom. The summed E-state index contributed by atoms with van der Waals surface area (Å²) in [7, 11) is 0. The largest absolute Gasteiger partial charge is 0.398 e. The van der Waals surface area contributed by atoms with Crippen molar-refractivity contribution in [2.45, 2.75) is 32.6 Å². The zero-order chi connectivity index (χ0) is 17.1. The summed E-state index contributed by atoms with van der Waals surface area (Å²) >= 11 is 0. The molecule has 1 aliphatic carbocycles. The Labute approximate surface area is 141 Å². The zero-order valence-electron chi connectivity index (χ0n) is 13.7. The highest BCUT2D eigenvalue weighted by molar-refractivity contribution is 6.03. The molecular formula is C19H22N2O3. The third-order valence-electron chi connectivity index (χ3n) is 4.89. The average Bonchev–Trinajstić information content (AvgIpc) is 3.12. The maximum Gasteiger partial charge on any atom is 0.335 e. The minimum absolute atomic E-state index is 0.207. The first-order chi connectivity index (χ1) is 11.6. The number of anilines is 1. The van der Waals surface area contributed by atoms with Gasteiger partial charge in [-0.05, 0) is 41.7 Å². The fourth-order valence-electron chi connectivity index (χ4n) is 3.35. The maximum atomic E-state index is 12.3. The van der Waals surface area contributed by atoms with Gasteiger partial charge in [0.2, 0.25) is 0 Å². The quantitative estimate of drug-likeness (QED) is 0.669. The van der Waals surface area contributed by atoms with E-state index in [2.05, 4.69) is 5.48 Å². The Morgan fingerprint density at radius 2 is 1.79 bits per heavy atom. The summed E-state index contributed by atoms with van der Waals surface area (Å²) in [6.45, 7) is 1.86. The molecule has 1 amide bonds. The van der Waals surface area contributed by atoms with Crippen LogP contribution in [-0.4, -0.2) is 11.9 Å². The van der Waals surface area contributed by atoms with Gasteiger partial charge in [-0.2, -0.15) is 5.48 Å². The molecule has 0 aliphatic heterocycles. The average molecular weight is 326 g/mol. The predicted molar refractivity (Wildman–Crippen MR) is 93.0 cm³/mol. The molecule has 2 aromatic rings. The smallest absolute Gasteiger partial charge is 0.335 e. The predicted octanol–water partition coefficient (Wildman–Crippen LogP) is 3.44. The van der Waals surface area contributed by atoms with Crippen LogP contribution in [0.5, 0.6) is 0 Å². The van der Waals surface area contributed by atoms with E-state index in [9.17, 15) is 9.59 Å². The molecule has 0 aromatic heterocycles. The monoisotopic (exact) mass is 326 g/mol. The summed E-state index contributed by atoms with van der Waals surface area (Å²) in [6.07, 6.45) is 4.40. The van der Waals surface area contributed by atoms with Crippen LogP contribution in [0.1, 0.15) is 43.0 Å². The third-order valence-corrected chi connectivity index (χ3v) is 4.89. The number of amides is 1. The van der Waals surface area contributed by atoms with Gasteiger partial charge in [-0.15, -0.1) is 0 Å². The van der Waals surface area contributed by atoms with Crippen LogP contribution < -0.4 is 11.2 Å². The molecule has 0 bridgehead atoms. The van der Waals surface area contributed by atoms with E-state index in [1.165, 1.54) is 0 Å². The SMILES string of the molecule is C[C@H](C(=O)ONC(=O)c1cc2ccccc2cc1N)C1CCCC1. The molecule has 0 spiro atoms. The molecule has 5 nitrogen and oxygen atoms in total. The van der Waals surface area contributed by atoms with E-state index in [-0.39, 0.29) is 5.92 Å². The Kier molecular flexibility index (Phi) is 4.69. The maximum absolute atomic E-state index is 12.3. The Bertz CT molecular complexity index is 766. The minimum atomic E-state index is -0.509. The minimum Gasteiger partial charge on any atom is -0.398 e. The van der Waals surface area contributed by atoms with Gasteiger partial charge >= 0.3 is 5.97 Å². The van der Waals surface area contributed by atoms with Crippen LogP contribution in [0.15, 0.2) is 36.4 Å². The van der Waals surface area contributed by atoms with Gasteiger partial charge in [0.15, 0.2) is 0 Å². The summed E-state index contributed by atoms with van der Waals surface area (Å²) < 4.78 is 0. The lowest BCUT2D eigenvalue weighted by molar-refractivity contribution is -0.155. The van der Waals surface area contributed by atoms with Crippen LogP contribution in [-0.2, 0) is 9.63 Å². The van der Waals surface area contributed by atoms with Crippen LogP contribution in [0.25, 0.3) is 10.8 Å². The van der Waals surface area contributed by atoms with Crippen LogP contribution in [0.2, 0.25) is 0 Å². The van der Waals surface area contributed by atoms with Crippen molar-refractivity contribution in [2.75, 3.05) is 5.73 Å². The standard InChI is InChI=1S/C19H22N2O3/c1-12(13-6-2-3-7-13)19(23)24-21-18(22)16-10-14-8-4-5-9-15(14)11-17(16)20/h4-5,8-13H,2-3,6-7,20H2,1H3,(H,21,22)/t12-/m0/s1. The second kappa shape index (κ2) is 6.91. The molecule has 1 atom stereocenters. The van der Waals surface area contributed by atoms with Gasteiger partial charge in [-0.25, -0.2) is 4.79 Å². The fourth-order valence-corrected chi connectivity index (χ4v) is 3.35. The van der Waals surface area contributed by atoms with Crippen molar-refractivity contribution in [2.24, 2.45) is 11.8 Å². The molecule has 0 radical (unpaired) electrons. The first kappa shape index (κ1) is 16.3. The number of nitrogen functional groups attached to an aromatic ring is 1. The molecule has 1 fully saturated rings. The highest BCUT2D eigenvalue weighted by atomic mass is 16.7. The van der Waals surface area contributed by atoms with Crippen LogP contribution in [0.4, 0.5) is 5.69 Å². The molecule has 0 unspecified atom stereocenters.